The quantitative estimate of drug-likeness (QED) is 0.744. The fourth-order valence-electron chi connectivity index (χ4n) is 3.21. The average molecular weight is 319 g/mol. The molecule has 3 aromatic rings. The van der Waals surface area contributed by atoms with Gasteiger partial charge in [0.05, 0.1) is 11.7 Å². The Morgan fingerprint density at radius 3 is 2.54 bits per heavy atom. The molecule has 0 saturated carbocycles. The zero-order chi connectivity index (χ0) is 16.4. The lowest BCUT2D eigenvalue weighted by molar-refractivity contribution is 0.0735. The molecule has 0 N–H and O–H groups in total. The highest BCUT2D eigenvalue weighted by molar-refractivity contribution is 5.94. The molecule has 0 spiro atoms. The minimum atomic E-state index is 0.0689. The summed E-state index contributed by atoms with van der Waals surface area (Å²) < 4.78 is 1.67. The molecule has 1 aliphatic rings. The first-order valence-corrected chi connectivity index (χ1v) is 7.99. The number of aromatic nitrogens is 4. The average Bonchev–Trinajstić information content (AvgIpc) is 3.34. The van der Waals surface area contributed by atoms with Gasteiger partial charge in [-0.25, -0.2) is 9.67 Å². The lowest BCUT2D eigenvalue weighted by Gasteiger charge is -2.25. The van der Waals surface area contributed by atoms with Gasteiger partial charge in [-0.3, -0.25) is 9.78 Å². The van der Waals surface area contributed by atoms with E-state index in [9.17, 15) is 4.79 Å². The zero-order valence-corrected chi connectivity index (χ0v) is 13.1. The molecular formula is C18H17N5O. The van der Waals surface area contributed by atoms with Crippen LogP contribution in [-0.2, 0) is 0 Å². The Bertz CT molecular complexity index is 814. The third-order valence-electron chi connectivity index (χ3n) is 4.40. The van der Waals surface area contributed by atoms with E-state index in [4.69, 9.17) is 0 Å². The predicted molar refractivity (Wildman–Crippen MR) is 88.6 cm³/mol. The van der Waals surface area contributed by atoms with Gasteiger partial charge >= 0.3 is 0 Å². The van der Waals surface area contributed by atoms with Crippen LogP contribution in [0.2, 0.25) is 0 Å². The van der Waals surface area contributed by atoms with Gasteiger partial charge in [-0.1, -0.05) is 0 Å². The maximum Gasteiger partial charge on any atom is 0.254 e. The normalized spacial score (nSPS) is 17.2. The molecule has 3 heterocycles. The summed E-state index contributed by atoms with van der Waals surface area (Å²) in [6.45, 7) is 0.788. The molecule has 1 fully saturated rings. The van der Waals surface area contributed by atoms with E-state index >= 15 is 0 Å². The monoisotopic (exact) mass is 319 g/mol. The second-order valence-electron chi connectivity index (χ2n) is 5.82. The van der Waals surface area contributed by atoms with Crippen molar-refractivity contribution in [3.05, 3.63) is 72.6 Å². The first kappa shape index (κ1) is 14.6. The molecule has 0 aliphatic carbocycles. The minimum absolute atomic E-state index is 0.0689. The molecule has 1 aliphatic heterocycles. The number of nitrogens with zero attached hydrogens (tertiary/aromatic N) is 5. The summed E-state index contributed by atoms with van der Waals surface area (Å²) in [4.78, 5) is 22.9. The lowest BCUT2D eigenvalue weighted by atomic mass is 10.1. The van der Waals surface area contributed by atoms with Gasteiger partial charge in [0.15, 0.2) is 0 Å². The van der Waals surface area contributed by atoms with Crippen molar-refractivity contribution in [2.24, 2.45) is 0 Å². The Morgan fingerprint density at radius 2 is 1.83 bits per heavy atom. The van der Waals surface area contributed by atoms with E-state index in [0.29, 0.717) is 5.56 Å². The number of pyridine rings is 1. The highest BCUT2D eigenvalue weighted by Crippen LogP contribution is 2.32. The van der Waals surface area contributed by atoms with Gasteiger partial charge in [-0.15, -0.1) is 0 Å². The zero-order valence-electron chi connectivity index (χ0n) is 13.1. The largest absolute Gasteiger partial charge is 0.332 e. The molecule has 1 atom stereocenters. The molecule has 6 nitrogen and oxygen atoms in total. The van der Waals surface area contributed by atoms with Crippen LogP contribution in [0.1, 0.15) is 34.8 Å². The Hall–Kier alpha value is -3.02. The number of rotatable bonds is 3. The van der Waals surface area contributed by atoms with E-state index in [0.717, 1.165) is 30.6 Å². The van der Waals surface area contributed by atoms with Crippen molar-refractivity contribution in [3.63, 3.8) is 0 Å². The molecule has 2 aromatic heterocycles. The van der Waals surface area contributed by atoms with Crippen molar-refractivity contribution in [2.45, 2.75) is 18.9 Å². The first-order chi connectivity index (χ1) is 11.8. The highest BCUT2D eigenvalue weighted by Gasteiger charge is 2.30. The number of carbonyl (C=O) groups is 1. The molecule has 0 radical (unpaired) electrons. The van der Waals surface area contributed by atoms with Crippen molar-refractivity contribution in [3.8, 4) is 5.69 Å². The Kier molecular flexibility index (Phi) is 3.78. The molecule has 0 bridgehead atoms. The summed E-state index contributed by atoms with van der Waals surface area (Å²) in [7, 11) is 0. The lowest BCUT2D eigenvalue weighted by Crippen LogP contribution is -2.30. The SMILES string of the molecule is O=C(c1ccc(-n2cncn2)cc1)N1CCCC1c1ccncc1. The molecule has 4 rings (SSSR count). The molecule has 24 heavy (non-hydrogen) atoms. The molecule has 1 amide bonds. The van der Waals surface area contributed by atoms with Crippen LogP contribution in [0.25, 0.3) is 5.69 Å². The second kappa shape index (κ2) is 6.23. The fourth-order valence-corrected chi connectivity index (χ4v) is 3.21. The number of hydrogen-bond acceptors (Lipinski definition) is 4. The van der Waals surface area contributed by atoms with Crippen LogP contribution in [0.15, 0.2) is 61.4 Å². The van der Waals surface area contributed by atoms with E-state index in [1.807, 2.05) is 41.3 Å². The smallest absolute Gasteiger partial charge is 0.254 e. The van der Waals surface area contributed by atoms with Crippen LogP contribution in [0.4, 0.5) is 0 Å². The predicted octanol–water partition coefficient (Wildman–Crippen LogP) is 2.64. The van der Waals surface area contributed by atoms with Crippen molar-refractivity contribution in [2.75, 3.05) is 6.54 Å². The van der Waals surface area contributed by atoms with E-state index in [1.165, 1.54) is 6.33 Å². The van der Waals surface area contributed by atoms with Crippen LogP contribution >= 0.6 is 0 Å². The minimum Gasteiger partial charge on any atom is -0.332 e. The Balaban J connectivity index is 1.56. The number of hydrogen-bond donors (Lipinski definition) is 0. The van der Waals surface area contributed by atoms with Crippen molar-refractivity contribution in [1.82, 2.24) is 24.6 Å². The standard InChI is InChI=1S/C18H17N5O/c24-18(15-3-5-16(6-4-15)23-13-20-12-21-23)22-11-1-2-17(22)14-7-9-19-10-8-14/h3-10,12-13,17H,1-2,11H2. The highest BCUT2D eigenvalue weighted by atomic mass is 16.2. The molecule has 1 aromatic carbocycles. The van der Waals surface area contributed by atoms with E-state index in [1.54, 1.807) is 23.4 Å². The van der Waals surface area contributed by atoms with Gasteiger partial charge < -0.3 is 4.90 Å². The fraction of sp³-hybridized carbons (Fsp3) is 0.222. The second-order valence-corrected chi connectivity index (χ2v) is 5.82. The maximum atomic E-state index is 12.9. The van der Waals surface area contributed by atoms with Crippen LogP contribution in [-0.4, -0.2) is 37.1 Å². The molecule has 6 heteroatoms. The van der Waals surface area contributed by atoms with E-state index in [-0.39, 0.29) is 11.9 Å². The topological polar surface area (TPSA) is 63.9 Å². The number of carbonyl (C=O) groups excluding carboxylic acids is 1. The van der Waals surface area contributed by atoms with Gasteiger partial charge in [0, 0.05) is 24.5 Å². The molecule has 120 valence electrons. The van der Waals surface area contributed by atoms with Gasteiger partial charge in [0.1, 0.15) is 12.7 Å². The van der Waals surface area contributed by atoms with Crippen LogP contribution in [0.5, 0.6) is 0 Å². The molecule has 1 saturated heterocycles. The van der Waals surface area contributed by atoms with Crippen LogP contribution in [0.3, 0.4) is 0 Å². The Labute approximate surface area is 139 Å². The maximum absolute atomic E-state index is 12.9. The van der Waals surface area contributed by atoms with Gasteiger partial charge in [-0.2, -0.15) is 5.10 Å². The van der Waals surface area contributed by atoms with Crippen LogP contribution < -0.4 is 0 Å². The first-order valence-electron chi connectivity index (χ1n) is 7.99. The van der Waals surface area contributed by atoms with E-state index < -0.39 is 0 Å². The third-order valence-corrected chi connectivity index (χ3v) is 4.40. The third kappa shape index (κ3) is 2.67. The Morgan fingerprint density at radius 1 is 1.04 bits per heavy atom. The molecule has 1 unspecified atom stereocenters. The van der Waals surface area contributed by atoms with Crippen molar-refractivity contribution < 1.29 is 4.79 Å². The summed E-state index contributed by atoms with van der Waals surface area (Å²) >= 11 is 0. The van der Waals surface area contributed by atoms with Crippen LogP contribution in [0, 0.1) is 0 Å². The van der Waals surface area contributed by atoms with Gasteiger partial charge in [-0.05, 0) is 54.8 Å². The summed E-state index contributed by atoms with van der Waals surface area (Å²) in [5, 5.41) is 4.09. The summed E-state index contributed by atoms with van der Waals surface area (Å²) in [6, 6.07) is 11.6. The van der Waals surface area contributed by atoms with E-state index in [2.05, 4.69) is 15.1 Å². The molecular weight excluding hydrogens is 302 g/mol. The van der Waals surface area contributed by atoms with Crippen molar-refractivity contribution >= 4 is 5.91 Å². The number of benzene rings is 1. The number of likely N-dealkylation sites (tertiary alicyclic amines) is 1. The van der Waals surface area contributed by atoms with Gasteiger partial charge in [0.2, 0.25) is 0 Å². The summed E-state index contributed by atoms with van der Waals surface area (Å²) in [5.74, 6) is 0.0689. The summed E-state index contributed by atoms with van der Waals surface area (Å²) in [6.07, 6.45) is 8.70. The van der Waals surface area contributed by atoms with Gasteiger partial charge in [0.25, 0.3) is 5.91 Å². The summed E-state index contributed by atoms with van der Waals surface area (Å²) in [5.41, 5.74) is 2.73. The van der Waals surface area contributed by atoms with Crippen molar-refractivity contribution in [1.29, 1.82) is 0 Å². The number of amides is 1.